The van der Waals surface area contributed by atoms with E-state index in [9.17, 15) is 4.79 Å². The first-order chi connectivity index (χ1) is 11.1. The molecule has 3 rings (SSSR count). The van der Waals surface area contributed by atoms with Crippen LogP contribution in [-0.4, -0.2) is 9.78 Å². The van der Waals surface area contributed by atoms with E-state index in [1.54, 1.807) is 0 Å². The average Bonchev–Trinajstić information content (AvgIpc) is 2.56. The van der Waals surface area contributed by atoms with Crippen LogP contribution in [0.15, 0.2) is 65.6 Å². The Morgan fingerprint density at radius 1 is 0.913 bits per heavy atom. The molecule has 0 N–H and O–H groups in total. The predicted molar refractivity (Wildman–Crippen MR) is 94.5 cm³/mol. The average molecular weight is 304 g/mol. The van der Waals surface area contributed by atoms with Crippen molar-refractivity contribution in [1.29, 1.82) is 0 Å². The summed E-state index contributed by atoms with van der Waals surface area (Å²) in [5.41, 5.74) is 4.09. The molecule has 1 aromatic heterocycles. The van der Waals surface area contributed by atoms with Gasteiger partial charge >= 0.3 is 0 Å². The molecule has 0 bridgehead atoms. The fraction of sp³-hybridized carbons (Fsp3) is 0.200. The van der Waals surface area contributed by atoms with Crippen molar-refractivity contribution in [3.63, 3.8) is 0 Å². The van der Waals surface area contributed by atoms with Gasteiger partial charge in [0.1, 0.15) is 5.69 Å². The molecule has 0 fully saturated rings. The lowest BCUT2D eigenvalue weighted by atomic mass is 10.0. The van der Waals surface area contributed by atoms with E-state index in [1.165, 1.54) is 0 Å². The molecule has 0 amide bonds. The number of rotatable bonds is 3. The minimum atomic E-state index is -0.0306. The predicted octanol–water partition coefficient (Wildman–Crippen LogP) is 4.47. The normalized spacial score (nSPS) is 11.0. The van der Waals surface area contributed by atoms with E-state index in [1.807, 2.05) is 72.4 Å². The molecule has 0 aliphatic rings. The maximum Gasteiger partial charge on any atom is 0.215 e. The third-order valence-corrected chi connectivity index (χ3v) is 3.88. The topological polar surface area (TPSA) is 34.9 Å². The molecule has 23 heavy (non-hydrogen) atoms. The van der Waals surface area contributed by atoms with Gasteiger partial charge in [0.15, 0.2) is 0 Å². The maximum absolute atomic E-state index is 13.0. The second-order valence-electron chi connectivity index (χ2n) is 6.03. The summed E-state index contributed by atoms with van der Waals surface area (Å²) in [6.07, 6.45) is 1.85. The fourth-order valence-electron chi connectivity index (χ4n) is 2.50. The highest BCUT2D eigenvalue weighted by Crippen LogP contribution is 2.21. The van der Waals surface area contributed by atoms with Gasteiger partial charge in [-0.1, -0.05) is 60.2 Å². The van der Waals surface area contributed by atoms with Gasteiger partial charge in [0.05, 0.1) is 0 Å². The fourth-order valence-corrected chi connectivity index (χ4v) is 2.50. The molecule has 0 radical (unpaired) electrons. The summed E-state index contributed by atoms with van der Waals surface area (Å²) in [7, 11) is 0. The van der Waals surface area contributed by atoms with Gasteiger partial charge in [-0.25, -0.2) is 0 Å². The van der Waals surface area contributed by atoms with E-state index in [0.717, 1.165) is 16.7 Å². The summed E-state index contributed by atoms with van der Waals surface area (Å²) in [6, 6.07) is 17.9. The lowest BCUT2D eigenvalue weighted by Gasteiger charge is -2.14. The molecule has 0 unspecified atom stereocenters. The summed E-state index contributed by atoms with van der Waals surface area (Å²) >= 11 is 0. The van der Waals surface area contributed by atoms with Gasteiger partial charge in [-0.2, -0.15) is 5.10 Å². The molecule has 0 atom stereocenters. The highest BCUT2D eigenvalue weighted by Gasteiger charge is 2.14. The Morgan fingerprint density at radius 2 is 1.57 bits per heavy atom. The van der Waals surface area contributed by atoms with Crippen molar-refractivity contribution in [3.05, 3.63) is 76.6 Å². The van der Waals surface area contributed by atoms with Crippen LogP contribution in [0.25, 0.3) is 22.4 Å². The standard InChI is InChI=1S/C20H20N2O/c1-14(2)22-13-18(16-7-5-4-6-8-16)20(23)19(21-22)17-11-9-15(3)10-12-17/h4-14H,1-3H3. The van der Waals surface area contributed by atoms with Crippen LogP contribution in [0.1, 0.15) is 25.5 Å². The minimum Gasteiger partial charge on any atom is -0.287 e. The third kappa shape index (κ3) is 3.09. The SMILES string of the molecule is Cc1ccc(-c2nn(C(C)C)cc(-c3ccccc3)c2=O)cc1. The second kappa shape index (κ2) is 6.21. The zero-order chi connectivity index (χ0) is 16.4. The van der Waals surface area contributed by atoms with Crippen molar-refractivity contribution in [2.75, 3.05) is 0 Å². The van der Waals surface area contributed by atoms with E-state index < -0.39 is 0 Å². The van der Waals surface area contributed by atoms with Crippen molar-refractivity contribution in [3.8, 4) is 22.4 Å². The number of aromatic nitrogens is 2. The number of benzene rings is 2. The van der Waals surface area contributed by atoms with Crippen LogP contribution in [0, 0.1) is 6.92 Å². The van der Waals surface area contributed by atoms with Crippen LogP contribution >= 0.6 is 0 Å². The molecule has 0 saturated heterocycles. The summed E-state index contributed by atoms with van der Waals surface area (Å²) < 4.78 is 1.86. The van der Waals surface area contributed by atoms with Gasteiger partial charge < -0.3 is 0 Å². The van der Waals surface area contributed by atoms with Crippen molar-refractivity contribution in [1.82, 2.24) is 9.78 Å². The van der Waals surface area contributed by atoms with Gasteiger partial charge in [-0.15, -0.1) is 0 Å². The molecule has 1 heterocycles. The lowest BCUT2D eigenvalue weighted by Crippen LogP contribution is -2.18. The molecule has 3 heteroatoms. The Hall–Kier alpha value is -2.68. The first-order valence-electron chi connectivity index (χ1n) is 7.82. The van der Waals surface area contributed by atoms with Crippen LogP contribution in [0.3, 0.4) is 0 Å². The highest BCUT2D eigenvalue weighted by molar-refractivity contribution is 5.69. The molecule has 116 valence electrons. The van der Waals surface area contributed by atoms with Gasteiger partial charge in [0.2, 0.25) is 5.43 Å². The monoisotopic (exact) mass is 304 g/mol. The Bertz CT molecular complexity index is 862. The summed E-state index contributed by atoms with van der Waals surface area (Å²) in [6.45, 7) is 6.15. The molecular formula is C20H20N2O. The third-order valence-electron chi connectivity index (χ3n) is 3.88. The highest BCUT2D eigenvalue weighted by atomic mass is 16.1. The summed E-state index contributed by atoms with van der Waals surface area (Å²) in [5, 5.41) is 4.56. The Labute approximate surface area is 136 Å². The zero-order valence-corrected chi connectivity index (χ0v) is 13.7. The molecule has 0 aliphatic heterocycles. The molecule has 0 saturated carbocycles. The smallest absolute Gasteiger partial charge is 0.215 e. The number of aryl methyl sites for hydroxylation is 1. The molecule has 2 aromatic carbocycles. The van der Waals surface area contributed by atoms with E-state index >= 15 is 0 Å². The number of nitrogens with zero attached hydrogens (tertiary/aromatic N) is 2. The molecule has 0 aliphatic carbocycles. The summed E-state index contributed by atoms with van der Waals surface area (Å²) in [5.74, 6) is 0. The van der Waals surface area contributed by atoms with Gasteiger partial charge in [-0.3, -0.25) is 9.48 Å². The van der Waals surface area contributed by atoms with Crippen molar-refractivity contribution < 1.29 is 0 Å². The van der Waals surface area contributed by atoms with Crippen molar-refractivity contribution in [2.24, 2.45) is 0 Å². The van der Waals surface area contributed by atoms with Crippen LogP contribution in [-0.2, 0) is 0 Å². The van der Waals surface area contributed by atoms with E-state index in [4.69, 9.17) is 0 Å². The lowest BCUT2D eigenvalue weighted by molar-refractivity contribution is 0.522. The molecule has 0 spiro atoms. The quantitative estimate of drug-likeness (QED) is 0.715. The van der Waals surface area contributed by atoms with Gasteiger partial charge in [-0.05, 0) is 26.3 Å². The number of hydrogen-bond acceptors (Lipinski definition) is 2. The Morgan fingerprint density at radius 3 is 2.17 bits per heavy atom. The first kappa shape index (κ1) is 15.2. The zero-order valence-electron chi connectivity index (χ0n) is 13.7. The summed E-state index contributed by atoms with van der Waals surface area (Å²) in [4.78, 5) is 13.0. The van der Waals surface area contributed by atoms with Gasteiger partial charge in [0, 0.05) is 23.4 Å². The molecule has 3 nitrogen and oxygen atoms in total. The Kier molecular flexibility index (Phi) is 4.11. The Balaban J connectivity index is 2.26. The first-order valence-corrected chi connectivity index (χ1v) is 7.82. The van der Waals surface area contributed by atoms with Crippen molar-refractivity contribution in [2.45, 2.75) is 26.8 Å². The number of hydrogen-bond donors (Lipinski definition) is 0. The largest absolute Gasteiger partial charge is 0.287 e. The van der Waals surface area contributed by atoms with E-state index in [0.29, 0.717) is 11.3 Å². The molecule has 3 aromatic rings. The van der Waals surface area contributed by atoms with Crippen LogP contribution in [0.4, 0.5) is 0 Å². The van der Waals surface area contributed by atoms with E-state index in [2.05, 4.69) is 18.9 Å². The van der Waals surface area contributed by atoms with Crippen LogP contribution in [0.2, 0.25) is 0 Å². The van der Waals surface area contributed by atoms with E-state index in [-0.39, 0.29) is 11.5 Å². The minimum absolute atomic E-state index is 0.0306. The molecular weight excluding hydrogens is 284 g/mol. The van der Waals surface area contributed by atoms with Crippen LogP contribution < -0.4 is 5.43 Å². The van der Waals surface area contributed by atoms with Gasteiger partial charge in [0.25, 0.3) is 0 Å². The second-order valence-corrected chi connectivity index (χ2v) is 6.03. The van der Waals surface area contributed by atoms with Crippen LogP contribution in [0.5, 0.6) is 0 Å². The maximum atomic E-state index is 13.0. The van der Waals surface area contributed by atoms with Crippen molar-refractivity contribution >= 4 is 0 Å².